The Balaban J connectivity index is 0. The van der Waals surface area contributed by atoms with Crippen LogP contribution in [0.25, 0.3) is 0 Å². The first-order valence-corrected chi connectivity index (χ1v) is 6.62. The second kappa shape index (κ2) is 5.97. The van der Waals surface area contributed by atoms with Crippen molar-refractivity contribution in [2.45, 2.75) is 0 Å². The molecule has 0 aromatic heterocycles. The van der Waals surface area contributed by atoms with Crippen LogP contribution in [0.2, 0.25) is 0 Å². The molecule has 9 heteroatoms. The van der Waals surface area contributed by atoms with E-state index in [0.717, 1.165) is 0 Å². The third kappa shape index (κ3) is 319. The Morgan fingerprint density at radius 1 is 1.44 bits per heavy atom. The van der Waals surface area contributed by atoms with Gasteiger partial charge in [0.05, 0.1) is 0 Å². The molecule has 0 saturated heterocycles. The highest BCUT2D eigenvalue weighted by Crippen LogP contribution is 2.39. The molecule has 0 spiro atoms. The molecule has 0 fully saturated rings. The molecule has 0 rings (SSSR count). The molecule has 0 radical (unpaired) electrons. The average molecular weight is 211 g/mol. The number of thiol groups is 1. The molecule has 0 aliphatic carbocycles. The van der Waals surface area contributed by atoms with E-state index < -0.39 is 14.2 Å². The standard InChI is InChI=1S/H4NO2P.H3O2PS2/c1-4(2)3;1-3(2,4)5/h2-3H,1H2;(H3,1,2,4,5). The van der Waals surface area contributed by atoms with Gasteiger partial charge in [0.2, 0.25) is 14.2 Å². The van der Waals surface area contributed by atoms with Gasteiger partial charge in [-0.25, -0.2) is 0 Å². The van der Waals surface area contributed by atoms with Crippen LogP contribution in [0.5, 0.6) is 0 Å². The fourth-order valence-electron chi connectivity index (χ4n) is 0. The fourth-order valence-corrected chi connectivity index (χ4v) is 0. The summed E-state index contributed by atoms with van der Waals surface area (Å²) in [6.07, 6.45) is 0. The second-order valence-corrected chi connectivity index (χ2v) is 6.51. The van der Waals surface area contributed by atoms with Gasteiger partial charge in [0, 0.05) is 0 Å². The third-order valence-electron chi connectivity index (χ3n) is 0. The summed E-state index contributed by atoms with van der Waals surface area (Å²) in [6.45, 7) is 0. The molecule has 0 bridgehead atoms. The zero-order valence-electron chi connectivity index (χ0n) is 4.12. The van der Waals surface area contributed by atoms with Crippen LogP contribution < -0.4 is 5.50 Å². The Hall–Kier alpha value is 1.23. The van der Waals surface area contributed by atoms with Gasteiger partial charge in [-0.1, -0.05) is 12.2 Å². The molecule has 0 aromatic rings. The van der Waals surface area contributed by atoms with Gasteiger partial charge >= 0.3 is 0 Å². The van der Waals surface area contributed by atoms with Crippen LogP contribution in [0.3, 0.4) is 0 Å². The van der Waals surface area contributed by atoms with E-state index >= 15 is 0 Å². The lowest BCUT2D eigenvalue weighted by Crippen LogP contribution is -1.78. The molecule has 0 aliphatic rings. The summed E-state index contributed by atoms with van der Waals surface area (Å²) in [5.74, 6) is 0. The van der Waals surface area contributed by atoms with Gasteiger partial charge in [-0.15, -0.1) is 0 Å². The van der Waals surface area contributed by atoms with Crippen molar-refractivity contribution in [1.29, 1.82) is 0 Å². The van der Waals surface area contributed by atoms with Crippen LogP contribution in [0.1, 0.15) is 0 Å². The Morgan fingerprint density at radius 2 is 1.44 bits per heavy atom. The Labute approximate surface area is 63.8 Å². The Bertz CT molecular complexity index is 87.7. The normalized spacial score (nSPS) is 10.6. The maximum atomic E-state index is 7.87. The lowest BCUT2D eigenvalue weighted by atomic mass is 13.9. The molecule has 0 amide bonds. The molecule has 0 atom stereocenters. The summed E-state index contributed by atoms with van der Waals surface area (Å²) in [4.78, 5) is 30.6. The van der Waals surface area contributed by atoms with E-state index in [1.165, 1.54) is 0 Å². The van der Waals surface area contributed by atoms with Crippen LogP contribution in [0.4, 0.5) is 0 Å². The molecular formula is H7NO4P2S2. The van der Waals surface area contributed by atoms with E-state index in [4.69, 9.17) is 19.6 Å². The summed E-state index contributed by atoms with van der Waals surface area (Å²) in [5, 5.41) is 0. The minimum absolute atomic E-state index is 2.12. The number of hydrogen-bond donors (Lipinski definition) is 6. The van der Waals surface area contributed by atoms with Crippen molar-refractivity contribution in [1.82, 2.24) is 0 Å². The molecule has 58 valence electrons. The van der Waals surface area contributed by atoms with E-state index in [0.29, 0.717) is 0 Å². The highest BCUT2D eigenvalue weighted by molar-refractivity contribution is 8.59. The van der Waals surface area contributed by atoms with Gasteiger partial charge in [0.15, 0.2) is 0 Å². The van der Waals surface area contributed by atoms with Gasteiger partial charge < -0.3 is 19.6 Å². The van der Waals surface area contributed by atoms with Gasteiger partial charge in [-0.05, 0) is 11.8 Å². The van der Waals surface area contributed by atoms with Crippen molar-refractivity contribution >= 4 is 38.3 Å². The highest BCUT2D eigenvalue weighted by Gasteiger charge is 1.90. The van der Waals surface area contributed by atoms with Crippen molar-refractivity contribution in [3.63, 3.8) is 0 Å². The van der Waals surface area contributed by atoms with E-state index in [1.54, 1.807) is 0 Å². The molecular weight excluding hydrogens is 204 g/mol. The second-order valence-electron chi connectivity index (χ2n) is 0.834. The topological polar surface area (TPSA) is 107 Å². The van der Waals surface area contributed by atoms with Gasteiger partial charge in [0.1, 0.15) is 0 Å². The predicted octanol–water partition coefficient (Wildman–Crippen LogP) is -0.718. The molecule has 0 aliphatic heterocycles. The average Bonchev–Trinajstić information content (AvgIpc) is 1.19. The van der Waals surface area contributed by atoms with Gasteiger partial charge in [-0.3, -0.25) is 5.50 Å². The maximum Gasteiger partial charge on any atom is 0.247 e. The maximum absolute atomic E-state index is 7.87. The smallest absolute Gasteiger partial charge is 0.247 e. The van der Waals surface area contributed by atoms with Crippen molar-refractivity contribution in [2.24, 2.45) is 5.50 Å². The van der Waals surface area contributed by atoms with E-state index in [1.807, 2.05) is 0 Å². The molecule has 6 N–H and O–H groups in total. The van der Waals surface area contributed by atoms with Gasteiger partial charge in [-0.2, -0.15) is 0 Å². The predicted molar refractivity (Wildman–Crippen MR) is 43.3 cm³/mol. The Morgan fingerprint density at radius 3 is 1.44 bits per heavy atom. The van der Waals surface area contributed by atoms with E-state index in [-0.39, 0.29) is 0 Å². The first kappa shape index (κ1) is 12.9. The van der Waals surface area contributed by atoms with Crippen molar-refractivity contribution < 1.29 is 19.6 Å². The monoisotopic (exact) mass is 211 g/mol. The van der Waals surface area contributed by atoms with Crippen LogP contribution in [-0.4, -0.2) is 19.6 Å². The number of rotatable bonds is 0. The number of nitrogens with two attached hydrogens (primary N) is 1. The molecule has 0 unspecified atom stereocenters. The molecule has 0 heterocycles. The fraction of sp³-hybridized carbons (Fsp3) is 0. The van der Waals surface area contributed by atoms with Crippen LogP contribution >= 0.6 is 26.5 Å². The molecule has 0 aromatic carbocycles. The van der Waals surface area contributed by atoms with E-state index in [9.17, 15) is 0 Å². The summed E-state index contributed by atoms with van der Waals surface area (Å²) in [6, 6.07) is 0. The van der Waals surface area contributed by atoms with Crippen LogP contribution in [-0.2, 0) is 11.8 Å². The largest absolute Gasteiger partial charge is 0.338 e. The zero-order valence-corrected chi connectivity index (χ0v) is 7.62. The highest BCUT2D eigenvalue weighted by atomic mass is 32.9. The zero-order chi connectivity index (χ0) is 8.08. The minimum Gasteiger partial charge on any atom is -0.338 e. The third-order valence-corrected chi connectivity index (χ3v) is 0. The SMILES string of the molecule is NP(O)O.OP(O)(=S)S. The van der Waals surface area contributed by atoms with Crippen LogP contribution in [0, 0.1) is 0 Å². The number of hydrogen-bond acceptors (Lipinski definition) is 4. The van der Waals surface area contributed by atoms with Crippen molar-refractivity contribution in [2.75, 3.05) is 0 Å². The Kier molecular flexibility index (Phi) is 8.54. The quantitative estimate of drug-likeness (QED) is 0.233. The lowest BCUT2D eigenvalue weighted by molar-refractivity contribution is 0.484. The van der Waals surface area contributed by atoms with Crippen molar-refractivity contribution in [3.8, 4) is 0 Å². The van der Waals surface area contributed by atoms with Gasteiger partial charge in [0.25, 0.3) is 0 Å². The summed E-state index contributed by atoms with van der Waals surface area (Å²) in [7, 11) is -2.12. The molecule has 9 heavy (non-hydrogen) atoms. The minimum atomic E-state index is -3.11. The summed E-state index contributed by atoms with van der Waals surface area (Å²) < 4.78 is 0. The first-order valence-electron chi connectivity index (χ1n) is 1.44. The molecule has 5 nitrogen and oxygen atoms in total. The first-order chi connectivity index (χ1) is 3.73. The summed E-state index contributed by atoms with van der Waals surface area (Å²) >= 11 is 7.07. The lowest BCUT2D eigenvalue weighted by Gasteiger charge is -1.88. The molecule has 0 saturated carbocycles. The summed E-state index contributed by atoms with van der Waals surface area (Å²) in [5.41, 5.74) is 1.18. The van der Waals surface area contributed by atoms with Crippen molar-refractivity contribution in [3.05, 3.63) is 0 Å². The van der Waals surface area contributed by atoms with Crippen LogP contribution in [0.15, 0.2) is 0 Å². The van der Waals surface area contributed by atoms with E-state index in [2.05, 4.69) is 29.6 Å².